The molecule has 1 aliphatic heterocycles. The highest BCUT2D eigenvalue weighted by Gasteiger charge is 2.22. The molecule has 0 unspecified atom stereocenters. The molecule has 92 valence electrons. The molecule has 3 nitrogen and oxygen atoms in total. The maximum Gasteiger partial charge on any atom is 0.240 e. The molecule has 0 bridgehead atoms. The van der Waals surface area contributed by atoms with Gasteiger partial charge in [-0.15, -0.1) is 11.6 Å². The summed E-state index contributed by atoms with van der Waals surface area (Å²) in [6.45, 7) is 2.82. The Bertz CT molecular complexity index is 437. The number of rotatable bonds is 1. The Labute approximate surface area is 104 Å². The number of fused-ring (bicyclic) bond motifs is 1. The molecule has 0 aliphatic carbocycles. The number of halogens is 2. The van der Waals surface area contributed by atoms with Crippen LogP contribution in [0, 0.1) is 5.82 Å². The van der Waals surface area contributed by atoms with Gasteiger partial charge in [-0.05, 0) is 25.1 Å². The lowest BCUT2D eigenvalue weighted by atomic mass is 10.2. The van der Waals surface area contributed by atoms with Gasteiger partial charge in [-0.1, -0.05) is 0 Å². The molecule has 1 aliphatic rings. The van der Waals surface area contributed by atoms with Gasteiger partial charge in [0.05, 0.1) is 6.54 Å². The Kier molecular flexibility index (Phi) is 3.52. The van der Waals surface area contributed by atoms with Crippen LogP contribution >= 0.6 is 11.6 Å². The van der Waals surface area contributed by atoms with Gasteiger partial charge >= 0.3 is 0 Å². The van der Waals surface area contributed by atoms with Crippen molar-refractivity contribution < 1.29 is 13.9 Å². The van der Waals surface area contributed by atoms with Crippen LogP contribution in [0.1, 0.15) is 12.5 Å². The maximum absolute atomic E-state index is 13.1. The summed E-state index contributed by atoms with van der Waals surface area (Å²) in [5, 5.41) is -0.579. The van der Waals surface area contributed by atoms with Crippen LogP contribution in [0.4, 0.5) is 4.39 Å². The van der Waals surface area contributed by atoms with Crippen molar-refractivity contribution in [1.29, 1.82) is 0 Å². The Morgan fingerprint density at radius 2 is 2.35 bits per heavy atom. The van der Waals surface area contributed by atoms with Gasteiger partial charge in [0.15, 0.2) is 0 Å². The molecule has 1 amide bonds. The second-order valence-corrected chi connectivity index (χ2v) is 4.63. The Balaban J connectivity index is 2.24. The number of hydrogen-bond donors (Lipinski definition) is 0. The van der Waals surface area contributed by atoms with Gasteiger partial charge in [0.2, 0.25) is 5.91 Å². The summed E-state index contributed by atoms with van der Waals surface area (Å²) in [5.74, 6) is 0.136. The second-order valence-electron chi connectivity index (χ2n) is 3.98. The topological polar surface area (TPSA) is 29.5 Å². The van der Waals surface area contributed by atoms with Crippen molar-refractivity contribution >= 4 is 17.5 Å². The van der Waals surface area contributed by atoms with Crippen LogP contribution in [0.15, 0.2) is 18.2 Å². The molecule has 5 heteroatoms. The van der Waals surface area contributed by atoms with E-state index in [0.717, 1.165) is 0 Å². The number of benzene rings is 1. The fourth-order valence-electron chi connectivity index (χ4n) is 1.80. The summed E-state index contributed by atoms with van der Waals surface area (Å²) in [6.07, 6.45) is 0. The highest BCUT2D eigenvalue weighted by molar-refractivity contribution is 6.30. The first-order valence-corrected chi connectivity index (χ1v) is 5.85. The maximum atomic E-state index is 13.1. The molecule has 0 fully saturated rings. The monoisotopic (exact) mass is 257 g/mol. The molecule has 0 spiro atoms. The molecule has 1 aromatic rings. The average Bonchev–Trinajstić information content (AvgIpc) is 2.49. The summed E-state index contributed by atoms with van der Waals surface area (Å²) in [7, 11) is 0. The van der Waals surface area contributed by atoms with Crippen LogP contribution < -0.4 is 4.74 Å². The number of hydrogen-bond acceptors (Lipinski definition) is 2. The van der Waals surface area contributed by atoms with E-state index < -0.39 is 5.38 Å². The first kappa shape index (κ1) is 12.2. The van der Waals surface area contributed by atoms with Gasteiger partial charge in [-0.25, -0.2) is 4.39 Å². The van der Waals surface area contributed by atoms with Gasteiger partial charge in [0.1, 0.15) is 23.6 Å². The summed E-state index contributed by atoms with van der Waals surface area (Å²) in [6, 6.07) is 4.32. The standard InChI is InChI=1S/C12H13ClFNO2/c1-8(13)12(16)15-4-5-17-11-3-2-10(14)6-9(11)7-15/h2-3,6,8H,4-5,7H2,1H3/t8-/m1/s1. The van der Waals surface area contributed by atoms with Crippen molar-refractivity contribution in [2.24, 2.45) is 0 Å². The largest absolute Gasteiger partial charge is 0.491 e. The van der Waals surface area contributed by atoms with E-state index in [9.17, 15) is 9.18 Å². The predicted molar refractivity (Wildman–Crippen MR) is 62.6 cm³/mol. The zero-order valence-corrected chi connectivity index (χ0v) is 10.2. The van der Waals surface area contributed by atoms with Gasteiger partial charge in [-0.2, -0.15) is 0 Å². The van der Waals surface area contributed by atoms with Crippen molar-refractivity contribution in [2.45, 2.75) is 18.8 Å². The number of carbonyl (C=O) groups is 1. The van der Waals surface area contributed by atoms with Crippen molar-refractivity contribution in [3.05, 3.63) is 29.6 Å². The van der Waals surface area contributed by atoms with Crippen molar-refractivity contribution in [3.63, 3.8) is 0 Å². The van der Waals surface area contributed by atoms with E-state index in [-0.39, 0.29) is 11.7 Å². The lowest BCUT2D eigenvalue weighted by molar-refractivity contribution is -0.131. The SMILES string of the molecule is C[C@@H](Cl)C(=O)N1CCOc2ccc(F)cc2C1. The first-order chi connectivity index (χ1) is 8.08. The van der Waals surface area contributed by atoms with E-state index in [1.807, 2.05) is 0 Å². The number of nitrogens with zero attached hydrogens (tertiary/aromatic N) is 1. The van der Waals surface area contributed by atoms with E-state index in [4.69, 9.17) is 16.3 Å². The van der Waals surface area contributed by atoms with Crippen LogP contribution in [0.5, 0.6) is 5.75 Å². The minimum Gasteiger partial charge on any atom is -0.491 e. The lowest BCUT2D eigenvalue weighted by Gasteiger charge is -2.20. The number of carbonyl (C=O) groups excluding carboxylic acids is 1. The molecule has 2 rings (SSSR count). The fourth-order valence-corrected chi connectivity index (χ4v) is 1.94. The van der Waals surface area contributed by atoms with Gasteiger partial charge in [-0.3, -0.25) is 4.79 Å². The van der Waals surface area contributed by atoms with E-state index in [1.54, 1.807) is 17.9 Å². The highest BCUT2D eigenvalue weighted by Crippen LogP contribution is 2.24. The molecule has 0 saturated carbocycles. The van der Waals surface area contributed by atoms with Gasteiger partial charge in [0.25, 0.3) is 0 Å². The summed E-state index contributed by atoms with van der Waals surface area (Å²) in [4.78, 5) is 13.4. The second kappa shape index (κ2) is 4.92. The molecule has 0 aromatic heterocycles. The fraction of sp³-hybridized carbons (Fsp3) is 0.417. The third kappa shape index (κ3) is 2.69. The number of alkyl halides is 1. The molecular formula is C12H13ClFNO2. The average molecular weight is 258 g/mol. The quantitative estimate of drug-likeness (QED) is 0.722. The smallest absolute Gasteiger partial charge is 0.240 e. The Hall–Kier alpha value is -1.29. The van der Waals surface area contributed by atoms with Crippen LogP contribution in [-0.4, -0.2) is 29.3 Å². The van der Waals surface area contributed by atoms with E-state index in [2.05, 4.69) is 0 Å². The van der Waals surface area contributed by atoms with Crippen LogP contribution in [0.3, 0.4) is 0 Å². The minimum absolute atomic E-state index is 0.160. The van der Waals surface area contributed by atoms with Crippen molar-refractivity contribution in [3.8, 4) is 5.75 Å². The predicted octanol–water partition coefficient (Wildman–Crippen LogP) is 2.17. The van der Waals surface area contributed by atoms with E-state index in [1.165, 1.54) is 12.1 Å². The van der Waals surface area contributed by atoms with Crippen LogP contribution in [0.2, 0.25) is 0 Å². The van der Waals surface area contributed by atoms with E-state index in [0.29, 0.717) is 31.0 Å². The van der Waals surface area contributed by atoms with E-state index >= 15 is 0 Å². The minimum atomic E-state index is -0.579. The lowest BCUT2D eigenvalue weighted by Crippen LogP contribution is -2.36. The third-order valence-corrected chi connectivity index (χ3v) is 2.84. The molecular weight excluding hydrogens is 245 g/mol. The number of amides is 1. The van der Waals surface area contributed by atoms with Crippen molar-refractivity contribution in [2.75, 3.05) is 13.2 Å². The van der Waals surface area contributed by atoms with Gasteiger partial charge in [0, 0.05) is 12.1 Å². The highest BCUT2D eigenvalue weighted by atomic mass is 35.5. The van der Waals surface area contributed by atoms with Crippen molar-refractivity contribution in [1.82, 2.24) is 4.90 Å². The Morgan fingerprint density at radius 1 is 1.59 bits per heavy atom. The molecule has 1 heterocycles. The van der Waals surface area contributed by atoms with Crippen LogP contribution in [0.25, 0.3) is 0 Å². The van der Waals surface area contributed by atoms with Crippen LogP contribution in [-0.2, 0) is 11.3 Å². The van der Waals surface area contributed by atoms with Gasteiger partial charge < -0.3 is 9.64 Å². The zero-order chi connectivity index (χ0) is 12.4. The summed E-state index contributed by atoms with van der Waals surface area (Å²) in [5.41, 5.74) is 0.674. The molecule has 0 saturated heterocycles. The normalized spacial score (nSPS) is 16.8. The zero-order valence-electron chi connectivity index (χ0n) is 9.45. The summed E-state index contributed by atoms with van der Waals surface area (Å²) < 4.78 is 18.6. The molecule has 17 heavy (non-hydrogen) atoms. The Morgan fingerprint density at radius 3 is 3.06 bits per heavy atom. The number of ether oxygens (including phenoxy) is 1. The summed E-state index contributed by atoms with van der Waals surface area (Å²) >= 11 is 5.77. The first-order valence-electron chi connectivity index (χ1n) is 5.42. The molecule has 0 radical (unpaired) electrons. The molecule has 1 atom stereocenters. The third-order valence-electron chi connectivity index (χ3n) is 2.65. The molecule has 1 aromatic carbocycles. The molecule has 0 N–H and O–H groups in total.